The Kier molecular flexibility index (Phi) is 5.08. The van der Waals surface area contributed by atoms with Gasteiger partial charge in [0.2, 0.25) is 0 Å². The van der Waals surface area contributed by atoms with Crippen molar-refractivity contribution >= 4 is 51.2 Å². The first-order valence-corrected chi connectivity index (χ1v) is 10.5. The number of nitrogens with two attached hydrogens (primary N) is 1. The molecule has 1 heterocycles. The number of primary amides is 1. The third kappa shape index (κ3) is 2.83. The van der Waals surface area contributed by atoms with Crippen molar-refractivity contribution in [3.05, 3.63) is 39.4 Å². The number of ketones is 1. The van der Waals surface area contributed by atoms with Gasteiger partial charge in [-0.1, -0.05) is 0 Å². The van der Waals surface area contributed by atoms with E-state index in [1.165, 1.54) is 0 Å². The fourth-order valence-electron chi connectivity index (χ4n) is 5.27. The number of rotatable bonds is 2. The Morgan fingerprint density at radius 2 is 2.03 bits per heavy atom. The summed E-state index contributed by atoms with van der Waals surface area (Å²) < 4.78 is 0. The molecular formula is C20H21BClN3O5P. The molecule has 8 nitrogen and oxygen atoms in total. The van der Waals surface area contributed by atoms with Gasteiger partial charge in [-0.3, -0.25) is 0 Å². The Balaban J connectivity index is 1.97. The van der Waals surface area contributed by atoms with Crippen LogP contribution in [-0.4, -0.2) is 75.1 Å². The molecule has 0 aromatic carbocycles. The number of aromatic hydroxyl groups is 1. The van der Waals surface area contributed by atoms with Gasteiger partial charge in [0, 0.05) is 0 Å². The summed E-state index contributed by atoms with van der Waals surface area (Å²) in [6, 6.07) is -0.709. The zero-order valence-electron chi connectivity index (χ0n) is 16.9. The fraction of sp³-hybridized carbons (Fsp3) is 0.400. The molecule has 31 heavy (non-hydrogen) atoms. The van der Waals surface area contributed by atoms with Crippen molar-refractivity contribution in [2.75, 3.05) is 14.1 Å². The van der Waals surface area contributed by atoms with Crippen LogP contribution in [0.4, 0.5) is 0 Å². The van der Waals surface area contributed by atoms with Gasteiger partial charge >= 0.3 is 187 Å². The van der Waals surface area contributed by atoms with E-state index >= 15 is 0 Å². The van der Waals surface area contributed by atoms with E-state index < -0.39 is 34.7 Å². The molecule has 1 unspecified atom stereocenters. The Morgan fingerprint density at radius 3 is 2.61 bits per heavy atom. The van der Waals surface area contributed by atoms with Crippen LogP contribution in [0.25, 0.3) is 5.76 Å². The Labute approximate surface area is 187 Å². The summed E-state index contributed by atoms with van der Waals surface area (Å²) in [6.45, 7) is 0. The third-order valence-corrected chi connectivity index (χ3v) is 7.96. The summed E-state index contributed by atoms with van der Waals surface area (Å²) in [7, 11) is 12.1. The number of amides is 1. The molecule has 1 aromatic rings. The van der Waals surface area contributed by atoms with Crippen molar-refractivity contribution < 1.29 is 24.9 Å². The molecule has 4 rings (SSSR count). The summed E-state index contributed by atoms with van der Waals surface area (Å²) in [6.07, 6.45) is 1.73. The molecule has 0 bridgehead atoms. The second-order valence-electron chi connectivity index (χ2n) is 8.44. The van der Waals surface area contributed by atoms with Gasteiger partial charge in [-0.05, 0) is 0 Å². The maximum atomic E-state index is 13.8. The average molecular weight is 461 g/mol. The number of carbonyl (C=O) groups is 2. The first-order valence-electron chi connectivity index (χ1n) is 9.58. The maximum absolute atomic E-state index is 13.8. The van der Waals surface area contributed by atoms with Crippen LogP contribution >= 0.6 is 20.8 Å². The van der Waals surface area contributed by atoms with Gasteiger partial charge in [-0.25, -0.2) is 0 Å². The van der Waals surface area contributed by atoms with E-state index in [0.29, 0.717) is 12.0 Å². The average Bonchev–Trinajstić information content (AvgIpc) is 2.67. The van der Waals surface area contributed by atoms with Crippen LogP contribution in [0.15, 0.2) is 23.1 Å². The number of fused-ring (bicyclic) bond motifs is 3. The number of aromatic nitrogens is 1. The number of hydrogen-bond donors (Lipinski definition) is 4. The molecule has 1 saturated carbocycles. The molecule has 0 saturated heterocycles. The molecular weight excluding hydrogens is 439 g/mol. The van der Waals surface area contributed by atoms with Crippen molar-refractivity contribution in [3.8, 4) is 5.75 Å². The van der Waals surface area contributed by atoms with E-state index in [1.54, 1.807) is 19.0 Å². The van der Waals surface area contributed by atoms with Crippen LogP contribution in [0.2, 0.25) is 5.15 Å². The van der Waals surface area contributed by atoms with Crippen LogP contribution in [0.3, 0.4) is 0 Å². The molecule has 1 radical (unpaired) electrons. The number of carbonyl (C=O) groups excluding carboxylic acids is 2. The van der Waals surface area contributed by atoms with Crippen molar-refractivity contribution in [2.45, 2.75) is 24.0 Å². The number of aliphatic hydroxyl groups excluding tert-OH is 2. The summed E-state index contributed by atoms with van der Waals surface area (Å²) in [5.74, 6) is -3.39. The van der Waals surface area contributed by atoms with Crippen LogP contribution in [-0.2, 0) is 16.0 Å². The van der Waals surface area contributed by atoms with Gasteiger partial charge in [-0.15, -0.1) is 0 Å². The molecule has 3 aliphatic rings. The van der Waals surface area contributed by atoms with E-state index in [2.05, 4.69) is 14.2 Å². The zero-order chi connectivity index (χ0) is 23.0. The van der Waals surface area contributed by atoms with E-state index in [1.807, 2.05) is 0 Å². The normalized spacial score (nSPS) is 30.3. The molecule has 5 N–H and O–H groups in total. The molecule has 11 heteroatoms. The number of nitrogens with zero attached hydrogens (tertiary/aromatic N) is 2. The number of halogens is 1. The van der Waals surface area contributed by atoms with E-state index in [0.717, 1.165) is 6.20 Å². The van der Waals surface area contributed by atoms with E-state index in [-0.39, 0.29) is 51.0 Å². The standard InChI is InChI=1S/C20H21BClN3O5P/c1-25(2)13-8-4-6-3-7-11(9(26)5-24-18(7)22)14(27)10(6)17(29)20(8,31)16(21)12(15(13)28)19(23)30/h5-6,8,13,26-28H,3-4,31H2,1-2H3,(H2,23,30)/t6-,8-,13-,20+/m0/s1. The molecule has 1 amide bonds. The van der Waals surface area contributed by atoms with Crippen molar-refractivity contribution in [3.63, 3.8) is 0 Å². The first-order chi connectivity index (χ1) is 14.4. The summed E-state index contributed by atoms with van der Waals surface area (Å²) in [5.41, 5.74) is 5.65. The van der Waals surface area contributed by atoms with Gasteiger partial charge < -0.3 is 0 Å². The molecule has 0 spiro atoms. The van der Waals surface area contributed by atoms with Gasteiger partial charge in [-0.2, -0.15) is 0 Å². The number of pyridine rings is 1. The second-order valence-corrected chi connectivity index (χ2v) is 9.71. The number of allylic oxidation sites excluding steroid dienone is 1. The SMILES string of the molecule is [B]=C1C(C(N)=O)=C(O)[C@@H](N(C)C)[C@@H]2C[C@@H]3Cc4c(Cl)ncc(O)c4C(O)=C3C(=O)[C@]12P. The summed E-state index contributed by atoms with van der Waals surface area (Å²) in [5, 5.41) is 30.8. The van der Waals surface area contributed by atoms with Gasteiger partial charge in [0.25, 0.3) is 0 Å². The minimum atomic E-state index is -1.48. The number of likely N-dealkylation sites (N-methyl/N-ethyl adjacent to an activating group) is 1. The van der Waals surface area contributed by atoms with Crippen LogP contribution in [0.1, 0.15) is 17.5 Å². The van der Waals surface area contributed by atoms with E-state index in [4.69, 9.17) is 24.8 Å². The second kappa shape index (κ2) is 7.15. The minimum absolute atomic E-state index is 0.0682. The fourth-order valence-corrected chi connectivity index (χ4v) is 6.11. The van der Waals surface area contributed by atoms with Crippen LogP contribution < -0.4 is 5.73 Å². The molecule has 1 aromatic heterocycles. The van der Waals surface area contributed by atoms with Crippen molar-refractivity contribution in [2.24, 2.45) is 17.6 Å². The number of Topliss-reactive ketones (excluding diaryl/α,β-unsaturated/α-hetero) is 1. The Morgan fingerprint density at radius 1 is 1.39 bits per heavy atom. The van der Waals surface area contributed by atoms with Gasteiger partial charge in [0.05, 0.1) is 0 Å². The molecule has 3 aliphatic carbocycles. The molecule has 161 valence electrons. The van der Waals surface area contributed by atoms with Crippen LogP contribution in [0.5, 0.6) is 5.75 Å². The van der Waals surface area contributed by atoms with Crippen LogP contribution in [0, 0.1) is 11.8 Å². The number of aliphatic hydroxyl groups is 2. The molecule has 1 fully saturated rings. The monoisotopic (exact) mass is 460 g/mol. The topological polar surface area (TPSA) is 137 Å². The third-order valence-electron chi connectivity index (χ3n) is 6.64. The quantitative estimate of drug-likeness (QED) is 0.289. The predicted molar refractivity (Wildman–Crippen MR) is 120 cm³/mol. The summed E-state index contributed by atoms with van der Waals surface area (Å²) >= 11 is 6.22. The Bertz CT molecular complexity index is 1130. The number of hydrogen-bond acceptors (Lipinski definition) is 7. The van der Waals surface area contributed by atoms with Crippen molar-refractivity contribution in [1.82, 2.24) is 9.88 Å². The van der Waals surface area contributed by atoms with Gasteiger partial charge in [0.1, 0.15) is 0 Å². The first kappa shape index (κ1) is 22.0. The van der Waals surface area contributed by atoms with Gasteiger partial charge in [0.15, 0.2) is 0 Å². The zero-order valence-corrected chi connectivity index (χ0v) is 18.8. The van der Waals surface area contributed by atoms with Crippen molar-refractivity contribution in [1.29, 1.82) is 0 Å². The predicted octanol–water partition coefficient (Wildman–Crippen LogP) is 0.667. The molecule has 5 atom stereocenters. The van der Waals surface area contributed by atoms with E-state index in [9.17, 15) is 24.9 Å². The summed E-state index contributed by atoms with van der Waals surface area (Å²) in [4.78, 5) is 31.6. The Hall–Kier alpha value is -2.22. The molecule has 0 aliphatic heterocycles.